The molecular weight excluding hydrogens is 254 g/mol. The molecule has 0 saturated carbocycles. The number of hydrogen-bond acceptors (Lipinski definition) is 5. The molecule has 7 heteroatoms. The zero-order valence-corrected chi connectivity index (χ0v) is 10.9. The summed E-state index contributed by atoms with van der Waals surface area (Å²) in [5.74, 6) is 0.721. The molecule has 0 atom stereocenters. The minimum Gasteiger partial charge on any atom is -0.297 e. The molecule has 0 radical (unpaired) electrons. The summed E-state index contributed by atoms with van der Waals surface area (Å²) in [5.41, 5.74) is 0.872. The molecule has 2 aromatic rings. The molecule has 1 aliphatic rings. The molecule has 0 bridgehead atoms. The molecule has 0 unspecified atom stereocenters. The SMILES string of the molecule is S=c1nc(-c2csc(CN3CCCC3)n2)[nH][nH]1. The van der Waals surface area contributed by atoms with Gasteiger partial charge in [0.05, 0.1) is 6.54 Å². The lowest BCUT2D eigenvalue weighted by Crippen LogP contribution is -2.18. The molecule has 2 aromatic heterocycles. The van der Waals surface area contributed by atoms with E-state index in [2.05, 4.69) is 25.1 Å². The fraction of sp³-hybridized carbons (Fsp3) is 0.500. The Morgan fingerprint density at radius 1 is 1.29 bits per heavy atom. The fourth-order valence-electron chi connectivity index (χ4n) is 2.02. The molecule has 3 heterocycles. The molecule has 0 amide bonds. The summed E-state index contributed by atoms with van der Waals surface area (Å²) >= 11 is 6.60. The molecular formula is C10H13N5S2. The number of aromatic amines is 2. The fourth-order valence-corrected chi connectivity index (χ4v) is 2.98. The van der Waals surface area contributed by atoms with Gasteiger partial charge in [0.15, 0.2) is 5.82 Å². The van der Waals surface area contributed by atoms with Gasteiger partial charge in [-0.2, -0.15) is 4.98 Å². The van der Waals surface area contributed by atoms with Crippen LogP contribution in [0.1, 0.15) is 17.8 Å². The Bertz CT molecular complexity index is 549. The second kappa shape index (κ2) is 4.67. The minimum absolute atomic E-state index is 0.467. The third-order valence-electron chi connectivity index (χ3n) is 2.85. The lowest BCUT2D eigenvalue weighted by atomic mass is 10.4. The van der Waals surface area contributed by atoms with Crippen molar-refractivity contribution in [3.05, 3.63) is 15.2 Å². The lowest BCUT2D eigenvalue weighted by molar-refractivity contribution is 0.331. The molecule has 90 valence electrons. The second-order valence-electron chi connectivity index (χ2n) is 4.13. The first-order valence-electron chi connectivity index (χ1n) is 5.63. The van der Waals surface area contributed by atoms with Crippen molar-refractivity contribution in [3.8, 4) is 11.5 Å². The Morgan fingerprint density at radius 2 is 2.12 bits per heavy atom. The van der Waals surface area contributed by atoms with Crippen molar-refractivity contribution < 1.29 is 0 Å². The first-order valence-corrected chi connectivity index (χ1v) is 6.92. The van der Waals surface area contributed by atoms with Gasteiger partial charge in [-0.25, -0.2) is 4.98 Å². The van der Waals surface area contributed by atoms with E-state index < -0.39 is 0 Å². The molecule has 0 aromatic carbocycles. The van der Waals surface area contributed by atoms with E-state index in [9.17, 15) is 0 Å². The van der Waals surface area contributed by atoms with Crippen molar-refractivity contribution in [1.29, 1.82) is 0 Å². The van der Waals surface area contributed by atoms with Crippen LogP contribution in [0, 0.1) is 4.77 Å². The van der Waals surface area contributed by atoms with Gasteiger partial charge in [0, 0.05) is 5.38 Å². The maximum absolute atomic E-state index is 4.92. The highest BCUT2D eigenvalue weighted by Gasteiger charge is 2.14. The normalized spacial score (nSPS) is 16.7. The van der Waals surface area contributed by atoms with Crippen LogP contribution >= 0.6 is 23.6 Å². The van der Waals surface area contributed by atoms with Crippen LogP contribution in [0.4, 0.5) is 0 Å². The van der Waals surface area contributed by atoms with E-state index in [4.69, 9.17) is 12.2 Å². The van der Waals surface area contributed by atoms with E-state index in [1.807, 2.05) is 5.38 Å². The number of thiazole rings is 1. The third kappa shape index (κ3) is 2.46. The molecule has 3 rings (SSSR count). The summed E-state index contributed by atoms with van der Waals surface area (Å²) < 4.78 is 0.467. The van der Waals surface area contributed by atoms with Crippen LogP contribution in [0.15, 0.2) is 5.38 Å². The average molecular weight is 267 g/mol. The predicted octanol–water partition coefficient (Wildman–Crippen LogP) is 2.19. The maximum atomic E-state index is 4.92. The smallest absolute Gasteiger partial charge is 0.213 e. The van der Waals surface area contributed by atoms with E-state index in [0.717, 1.165) is 23.1 Å². The van der Waals surface area contributed by atoms with E-state index in [1.165, 1.54) is 25.9 Å². The summed E-state index contributed by atoms with van der Waals surface area (Å²) in [5, 5.41) is 8.86. The van der Waals surface area contributed by atoms with Crippen LogP contribution in [0.25, 0.3) is 11.5 Å². The quantitative estimate of drug-likeness (QED) is 0.837. The van der Waals surface area contributed by atoms with Crippen LogP contribution in [0.3, 0.4) is 0 Å². The van der Waals surface area contributed by atoms with Gasteiger partial charge in [0.1, 0.15) is 10.7 Å². The first kappa shape index (κ1) is 11.1. The van der Waals surface area contributed by atoms with Crippen LogP contribution in [-0.2, 0) is 6.54 Å². The number of nitrogens with zero attached hydrogens (tertiary/aromatic N) is 3. The molecule has 0 aliphatic carbocycles. The van der Waals surface area contributed by atoms with Gasteiger partial charge in [-0.15, -0.1) is 11.3 Å². The maximum Gasteiger partial charge on any atom is 0.213 e. The Labute approximate surface area is 108 Å². The zero-order chi connectivity index (χ0) is 11.7. The topological polar surface area (TPSA) is 60.6 Å². The molecule has 5 nitrogen and oxygen atoms in total. The number of rotatable bonds is 3. The number of aromatic nitrogens is 4. The Balaban J connectivity index is 1.75. The molecule has 1 aliphatic heterocycles. The van der Waals surface area contributed by atoms with E-state index >= 15 is 0 Å². The number of likely N-dealkylation sites (tertiary alicyclic amines) is 1. The summed E-state index contributed by atoms with van der Waals surface area (Å²) in [6.07, 6.45) is 2.62. The zero-order valence-electron chi connectivity index (χ0n) is 9.27. The van der Waals surface area contributed by atoms with E-state index in [0.29, 0.717) is 4.77 Å². The van der Waals surface area contributed by atoms with Crippen molar-refractivity contribution in [2.75, 3.05) is 13.1 Å². The van der Waals surface area contributed by atoms with E-state index in [-0.39, 0.29) is 0 Å². The van der Waals surface area contributed by atoms with Gasteiger partial charge < -0.3 is 0 Å². The summed E-state index contributed by atoms with van der Waals surface area (Å²) in [6.45, 7) is 3.34. The highest BCUT2D eigenvalue weighted by atomic mass is 32.1. The van der Waals surface area contributed by atoms with Crippen molar-refractivity contribution in [2.45, 2.75) is 19.4 Å². The number of hydrogen-bond donors (Lipinski definition) is 2. The molecule has 17 heavy (non-hydrogen) atoms. The van der Waals surface area contributed by atoms with Gasteiger partial charge in [-0.05, 0) is 38.1 Å². The van der Waals surface area contributed by atoms with Crippen LogP contribution in [0.2, 0.25) is 0 Å². The molecule has 1 fully saturated rings. The van der Waals surface area contributed by atoms with Gasteiger partial charge in [-0.3, -0.25) is 15.1 Å². The van der Waals surface area contributed by atoms with Crippen molar-refractivity contribution >= 4 is 23.6 Å². The van der Waals surface area contributed by atoms with Gasteiger partial charge >= 0.3 is 0 Å². The van der Waals surface area contributed by atoms with Crippen LogP contribution < -0.4 is 0 Å². The monoisotopic (exact) mass is 267 g/mol. The summed E-state index contributed by atoms with van der Waals surface area (Å²) in [7, 11) is 0. The Kier molecular flexibility index (Phi) is 3.04. The predicted molar refractivity (Wildman–Crippen MR) is 69.4 cm³/mol. The Morgan fingerprint density at radius 3 is 2.82 bits per heavy atom. The van der Waals surface area contributed by atoms with Gasteiger partial charge in [-0.1, -0.05) is 0 Å². The van der Waals surface area contributed by atoms with Crippen molar-refractivity contribution in [1.82, 2.24) is 25.1 Å². The molecule has 1 saturated heterocycles. The average Bonchev–Trinajstić information content (AvgIpc) is 2.99. The highest BCUT2D eigenvalue weighted by molar-refractivity contribution is 7.71. The van der Waals surface area contributed by atoms with E-state index in [1.54, 1.807) is 11.3 Å². The second-order valence-corrected chi connectivity index (χ2v) is 5.45. The highest BCUT2D eigenvalue weighted by Crippen LogP contribution is 2.20. The van der Waals surface area contributed by atoms with Crippen LogP contribution in [-0.4, -0.2) is 38.2 Å². The summed E-state index contributed by atoms with van der Waals surface area (Å²) in [4.78, 5) is 11.2. The van der Waals surface area contributed by atoms with Gasteiger partial charge in [0.25, 0.3) is 0 Å². The molecule has 2 N–H and O–H groups in total. The summed E-state index contributed by atoms with van der Waals surface area (Å²) in [6, 6.07) is 0. The largest absolute Gasteiger partial charge is 0.297 e. The van der Waals surface area contributed by atoms with Gasteiger partial charge in [0.2, 0.25) is 4.77 Å². The molecule has 0 spiro atoms. The van der Waals surface area contributed by atoms with Crippen molar-refractivity contribution in [3.63, 3.8) is 0 Å². The number of nitrogens with one attached hydrogen (secondary N) is 2. The van der Waals surface area contributed by atoms with Crippen molar-refractivity contribution in [2.24, 2.45) is 0 Å². The van der Waals surface area contributed by atoms with Crippen LogP contribution in [0.5, 0.6) is 0 Å². The standard InChI is InChI=1S/C10H13N5S2/c16-10-12-9(13-14-10)7-6-17-8(11-7)5-15-3-1-2-4-15/h6H,1-5H2,(H2,12,13,14,16). The lowest BCUT2D eigenvalue weighted by Gasteiger charge is -2.11. The minimum atomic E-state index is 0.467. The Hall–Kier alpha value is -1.05. The first-order chi connectivity index (χ1) is 8.31. The third-order valence-corrected chi connectivity index (χ3v) is 3.88. The number of H-pyrrole nitrogens is 2.